The van der Waals surface area contributed by atoms with Crippen molar-refractivity contribution in [3.05, 3.63) is 30.3 Å². The molecule has 154 valence electrons. The zero-order valence-electron chi connectivity index (χ0n) is 16.5. The number of hydrogen-bond acceptors (Lipinski definition) is 7. The van der Waals surface area contributed by atoms with E-state index in [-0.39, 0.29) is 29.4 Å². The minimum atomic E-state index is -0.511. The number of methoxy groups -OCH3 is 2. The average molecular weight is 409 g/mol. The van der Waals surface area contributed by atoms with Gasteiger partial charge in [0, 0.05) is 23.8 Å². The molecule has 30 heavy (non-hydrogen) atoms. The van der Waals surface area contributed by atoms with Crippen molar-refractivity contribution in [2.75, 3.05) is 20.0 Å². The third-order valence-corrected chi connectivity index (χ3v) is 5.75. The Morgan fingerprint density at radius 3 is 2.67 bits per heavy atom. The molecule has 0 saturated heterocycles. The first kappa shape index (κ1) is 18.4. The molecule has 0 amide bonds. The number of nitrogens with zero attached hydrogens (tertiary/aromatic N) is 4. The van der Waals surface area contributed by atoms with Crippen LogP contribution in [-0.4, -0.2) is 38.8 Å². The zero-order chi connectivity index (χ0) is 21.0. The van der Waals surface area contributed by atoms with Crippen molar-refractivity contribution in [1.29, 1.82) is 0 Å². The number of anilines is 1. The standard InChI is InChI=1S/C21H20FN5O3/c1-29-19-12(8-24-21(26-19)30-2)15-13(22)7-6-11-17(23)16-14(25-18(11)15)9-27(20(16)28)10-4-3-5-10/h6-10,28H,3-5,23H2,1-2H3. The highest BCUT2D eigenvalue weighted by molar-refractivity contribution is 6.12. The number of nitrogens with two attached hydrogens (primary N) is 1. The van der Waals surface area contributed by atoms with E-state index in [2.05, 4.69) is 15.0 Å². The predicted molar refractivity (Wildman–Crippen MR) is 110 cm³/mol. The van der Waals surface area contributed by atoms with Crippen LogP contribution in [0.5, 0.6) is 17.8 Å². The molecule has 3 aromatic heterocycles. The van der Waals surface area contributed by atoms with Gasteiger partial charge in [0.1, 0.15) is 5.82 Å². The van der Waals surface area contributed by atoms with Crippen molar-refractivity contribution in [3.8, 4) is 28.9 Å². The Morgan fingerprint density at radius 2 is 2.00 bits per heavy atom. The molecule has 0 bridgehead atoms. The van der Waals surface area contributed by atoms with E-state index in [1.165, 1.54) is 26.5 Å². The van der Waals surface area contributed by atoms with E-state index in [9.17, 15) is 5.11 Å². The number of ether oxygens (including phenoxy) is 2. The van der Waals surface area contributed by atoms with Crippen molar-refractivity contribution in [1.82, 2.24) is 19.5 Å². The lowest BCUT2D eigenvalue weighted by Gasteiger charge is -2.27. The molecule has 3 N–H and O–H groups in total. The molecule has 0 aliphatic heterocycles. The average Bonchev–Trinajstić information content (AvgIpc) is 3.02. The molecule has 1 aliphatic rings. The second-order valence-corrected chi connectivity index (χ2v) is 7.33. The fourth-order valence-electron chi connectivity index (χ4n) is 3.98. The van der Waals surface area contributed by atoms with Gasteiger partial charge in [-0.15, -0.1) is 0 Å². The van der Waals surface area contributed by atoms with Gasteiger partial charge in [-0.05, 0) is 31.4 Å². The number of halogens is 1. The fraction of sp³-hybridized carbons (Fsp3) is 0.286. The molecule has 8 nitrogen and oxygen atoms in total. The van der Waals surface area contributed by atoms with E-state index in [0.717, 1.165) is 19.3 Å². The molecular weight excluding hydrogens is 389 g/mol. The van der Waals surface area contributed by atoms with Crippen molar-refractivity contribution >= 4 is 27.5 Å². The number of hydrogen-bond donors (Lipinski definition) is 2. The van der Waals surface area contributed by atoms with Gasteiger partial charge in [0.25, 0.3) is 0 Å². The molecule has 1 saturated carbocycles. The Morgan fingerprint density at radius 1 is 1.20 bits per heavy atom. The molecule has 0 spiro atoms. The van der Waals surface area contributed by atoms with E-state index in [1.807, 2.05) is 4.57 Å². The van der Waals surface area contributed by atoms with Crippen LogP contribution >= 0.6 is 0 Å². The number of pyridine rings is 1. The Balaban J connectivity index is 1.82. The van der Waals surface area contributed by atoms with Gasteiger partial charge in [-0.3, -0.25) is 0 Å². The highest BCUT2D eigenvalue weighted by Gasteiger charge is 2.26. The highest BCUT2D eigenvalue weighted by atomic mass is 19.1. The quantitative estimate of drug-likeness (QED) is 0.527. The monoisotopic (exact) mass is 409 g/mol. The summed E-state index contributed by atoms with van der Waals surface area (Å²) in [4.78, 5) is 12.9. The maximum atomic E-state index is 15.0. The fourth-order valence-corrected chi connectivity index (χ4v) is 3.98. The molecule has 1 aliphatic carbocycles. The van der Waals surface area contributed by atoms with Gasteiger partial charge in [-0.2, -0.15) is 4.98 Å². The van der Waals surface area contributed by atoms with Gasteiger partial charge in [0.15, 0.2) is 0 Å². The molecule has 1 fully saturated rings. The first-order chi connectivity index (χ1) is 14.5. The van der Waals surface area contributed by atoms with Crippen LogP contribution in [-0.2, 0) is 0 Å². The Hall–Kier alpha value is -3.62. The first-order valence-corrected chi connectivity index (χ1v) is 9.60. The van der Waals surface area contributed by atoms with Crippen molar-refractivity contribution in [2.24, 2.45) is 0 Å². The summed E-state index contributed by atoms with van der Waals surface area (Å²) in [5.74, 6) is -0.259. The van der Waals surface area contributed by atoms with E-state index >= 15 is 4.39 Å². The van der Waals surface area contributed by atoms with Gasteiger partial charge in [-0.1, -0.05) is 0 Å². The van der Waals surface area contributed by atoms with E-state index in [0.29, 0.717) is 33.1 Å². The summed E-state index contributed by atoms with van der Waals surface area (Å²) < 4.78 is 27.2. The van der Waals surface area contributed by atoms with Crippen LogP contribution in [0.3, 0.4) is 0 Å². The van der Waals surface area contributed by atoms with Crippen LogP contribution in [0.1, 0.15) is 25.3 Å². The molecule has 5 rings (SSSR count). The number of rotatable bonds is 4. The number of aromatic nitrogens is 4. The van der Waals surface area contributed by atoms with Crippen LogP contribution in [0.2, 0.25) is 0 Å². The maximum Gasteiger partial charge on any atom is 0.319 e. The summed E-state index contributed by atoms with van der Waals surface area (Å²) in [5.41, 5.74) is 8.13. The van der Waals surface area contributed by atoms with Crippen molar-refractivity contribution in [2.45, 2.75) is 25.3 Å². The Kier molecular flexibility index (Phi) is 4.12. The van der Waals surface area contributed by atoms with Crippen molar-refractivity contribution in [3.63, 3.8) is 0 Å². The molecule has 4 aromatic rings. The number of benzene rings is 1. The Bertz CT molecular complexity index is 1300. The SMILES string of the molecule is COc1ncc(-c2c(F)ccc3c(N)c4c(O)n(C5CCC5)cc4nc23)c(OC)n1. The summed E-state index contributed by atoms with van der Waals surface area (Å²) in [6, 6.07) is 3.21. The third-order valence-electron chi connectivity index (χ3n) is 5.75. The topological polar surface area (TPSA) is 108 Å². The van der Waals surface area contributed by atoms with Crippen molar-refractivity contribution < 1.29 is 19.0 Å². The van der Waals surface area contributed by atoms with Gasteiger partial charge >= 0.3 is 6.01 Å². The van der Waals surface area contributed by atoms with Gasteiger partial charge in [0.2, 0.25) is 11.8 Å². The van der Waals surface area contributed by atoms with Crippen LogP contribution in [0.15, 0.2) is 24.5 Å². The predicted octanol–water partition coefficient (Wildman–Crippen LogP) is 3.82. The lowest BCUT2D eigenvalue weighted by molar-refractivity contribution is 0.283. The minimum absolute atomic E-state index is 0.0952. The molecule has 0 unspecified atom stereocenters. The lowest BCUT2D eigenvalue weighted by Crippen LogP contribution is -2.15. The highest BCUT2D eigenvalue weighted by Crippen LogP contribution is 2.44. The summed E-state index contributed by atoms with van der Waals surface area (Å²) in [6.07, 6.45) is 6.32. The molecule has 3 heterocycles. The molecule has 0 radical (unpaired) electrons. The summed E-state index contributed by atoms with van der Waals surface area (Å²) in [6.45, 7) is 0. The maximum absolute atomic E-state index is 15.0. The summed E-state index contributed by atoms with van der Waals surface area (Å²) in [7, 11) is 2.87. The smallest absolute Gasteiger partial charge is 0.319 e. The second kappa shape index (κ2) is 6.72. The number of nitrogen functional groups attached to an aromatic ring is 1. The Labute approximate surface area is 171 Å². The summed E-state index contributed by atoms with van der Waals surface area (Å²) in [5, 5.41) is 11.8. The number of fused-ring (bicyclic) bond motifs is 2. The first-order valence-electron chi connectivity index (χ1n) is 9.60. The summed E-state index contributed by atoms with van der Waals surface area (Å²) >= 11 is 0. The molecule has 9 heteroatoms. The van der Waals surface area contributed by atoms with Crippen LogP contribution in [0, 0.1) is 5.82 Å². The van der Waals surface area contributed by atoms with Gasteiger partial charge in [-0.25, -0.2) is 14.4 Å². The number of aromatic hydroxyl groups is 1. The largest absolute Gasteiger partial charge is 0.494 e. The van der Waals surface area contributed by atoms with Gasteiger partial charge < -0.3 is 24.9 Å². The molecular formula is C21H20FN5O3. The van der Waals surface area contributed by atoms with Crippen LogP contribution < -0.4 is 15.2 Å². The van der Waals surface area contributed by atoms with E-state index in [1.54, 1.807) is 12.3 Å². The zero-order valence-corrected chi connectivity index (χ0v) is 16.5. The van der Waals surface area contributed by atoms with Crippen LogP contribution in [0.25, 0.3) is 32.9 Å². The normalized spacial score (nSPS) is 14.2. The van der Waals surface area contributed by atoms with Gasteiger partial charge in [0.05, 0.1) is 47.5 Å². The third kappa shape index (κ3) is 2.54. The van der Waals surface area contributed by atoms with E-state index in [4.69, 9.17) is 15.2 Å². The molecule has 0 atom stereocenters. The lowest BCUT2D eigenvalue weighted by atomic mass is 9.93. The minimum Gasteiger partial charge on any atom is -0.494 e. The van der Waals surface area contributed by atoms with E-state index < -0.39 is 5.82 Å². The van der Waals surface area contributed by atoms with Crippen LogP contribution in [0.4, 0.5) is 10.1 Å². The second-order valence-electron chi connectivity index (χ2n) is 7.33. The molecule has 1 aromatic carbocycles.